The van der Waals surface area contributed by atoms with Crippen LogP contribution in [0.1, 0.15) is 37.8 Å². The molecule has 0 spiro atoms. The summed E-state index contributed by atoms with van der Waals surface area (Å²) in [6, 6.07) is 7.88. The summed E-state index contributed by atoms with van der Waals surface area (Å²) in [4.78, 5) is 12.5. The summed E-state index contributed by atoms with van der Waals surface area (Å²) in [6.07, 6.45) is 3.73. The molecule has 1 amide bonds. The Balaban J connectivity index is 1.61. The zero-order chi connectivity index (χ0) is 14.8. The lowest BCUT2D eigenvalue weighted by Gasteiger charge is -2.21. The summed E-state index contributed by atoms with van der Waals surface area (Å²) in [6.45, 7) is 3.03. The van der Waals surface area contributed by atoms with E-state index in [2.05, 4.69) is 10.6 Å². The molecule has 1 aromatic carbocycles. The Kier molecular flexibility index (Phi) is 4.15. The fraction of sp³-hybridized carbons (Fsp3) is 0.588. The first-order chi connectivity index (χ1) is 10.2. The van der Waals surface area contributed by atoms with E-state index in [9.17, 15) is 4.79 Å². The third kappa shape index (κ3) is 2.91. The molecule has 4 atom stereocenters. The van der Waals surface area contributed by atoms with E-state index >= 15 is 0 Å². The van der Waals surface area contributed by atoms with Gasteiger partial charge in [-0.05, 0) is 55.8 Å². The van der Waals surface area contributed by atoms with Crippen molar-refractivity contribution in [3.8, 4) is 5.75 Å². The highest BCUT2D eigenvalue weighted by molar-refractivity contribution is 5.83. The van der Waals surface area contributed by atoms with Gasteiger partial charge in [0.1, 0.15) is 5.75 Å². The van der Waals surface area contributed by atoms with Crippen LogP contribution in [-0.4, -0.2) is 25.6 Å². The lowest BCUT2D eigenvalue weighted by molar-refractivity contribution is -0.124. The topological polar surface area (TPSA) is 50.4 Å². The van der Waals surface area contributed by atoms with Gasteiger partial charge < -0.3 is 15.4 Å². The summed E-state index contributed by atoms with van der Waals surface area (Å²) in [5, 5.41) is 6.55. The molecule has 1 aliphatic carbocycles. The second-order valence-electron chi connectivity index (χ2n) is 6.24. The maximum atomic E-state index is 12.5. The molecule has 1 aromatic rings. The Hall–Kier alpha value is -1.55. The molecule has 114 valence electrons. The van der Waals surface area contributed by atoms with Gasteiger partial charge in [-0.2, -0.15) is 0 Å². The van der Waals surface area contributed by atoms with Gasteiger partial charge in [-0.1, -0.05) is 18.6 Å². The number of rotatable bonds is 4. The number of hydrogen-bond donors (Lipinski definition) is 2. The zero-order valence-corrected chi connectivity index (χ0v) is 12.8. The van der Waals surface area contributed by atoms with Gasteiger partial charge in [-0.15, -0.1) is 0 Å². The lowest BCUT2D eigenvalue weighted by Crippen LogP contribution is -2.44. The molecular formula is C17H24N2O2. The number of hydrogen-bond acceptors (Lipinski definition) is 3. The van der Waals surface area contributed by atoms with Crippen molar-refractivity contribution in [3.05, 3.63) is 29.8 Å². The van der Waals surface area contributed by atoms with Crippen molar-refractivity contribution in [2.45, 2.75) is 38.3 Å². The minimum Gasteiger partial charge on any atom is -0.497 e. The molecule has 1 saturated carbocycles. The second kappa shape index (κ2) is 6.06. The molecular weight excluding hydrogens is 264 g/mol. The number of amides is 1. The van der Waals surface area contributed by atoms with Gasteiger partial charge in [0.05, 0.1) is 19.2 Å². The first kappa shape index (κ1) is 14.4. The van der Waals surface area contributed by atoms with Crippen molar-refractivity contribution in [2.24, 2.45) is 11.8 Å². The third-order valence-corrected chi connectivity index (χ3v) is 5.00. The molecule has 0 bridgehead atoms. The Morgan fingerprint density at radius 2 is 2.10 bits per heavy atom. The molecule has 2 fully saturated rings. The van der Waals surface area contributed by atoms with Crippen LogP contribution in [0.2, 0.25) is 0 Å². The number of ether oxygens (including phenoxy) is 1. The molecule has 3 rings (SSSR count). The number of methoxy groups -OCH3 is 1. The van der Waals surface area contributed by atoms with Gasteiger partial charge in [0, 0.05) is 0 Å². The number of fused-ring (bicyclic) bond motifs is 1. The maximum Gasteiger partial charge on any atom is 0.237 e. The molecule has 1 saturated heterocycles. The lowest BCUT2D eigenvalue weighted by atomic mass is 9.93. The van der Waals surface area contributed by atoms with Crippen LogP contribution in [0.4, 0.5) is 0 Å². The van der Waals surface area contributed by atoms with E-state index in [1.54, 1.807) is 7.11 Å². The Labute approximate surface area is 126 Å². The minimum absolute atomic E-state index is 0.00167. The van der Waals surface area contributed by atoms with E-state index in [-0.39, 0.29) is 18.0 Å². The monoisotopic (exact) mass is 288 g/mol. The van der Waals surface area contributed by atoms with Gasteiger partial charge in [-0.25, -0.2) is 0 Å². The molecule has 2 aliphatic rings. The quantitative estimate of drug-likeness (QED) is 0.893. The Morgan fingerprint density at radius 3 is 2.81 bits per heavy atom. The van der Waals surface area contributed by atoms with Crippen LogP contribution in [0.15, 0.2) is 24.3 Å². The largest absolute Gasteiger partial charge is 0.497 e. The van der Waals surface area contributed by atoms with Crippen LogP contribution in [0.3, 0.4) is 0 Å². The predicted molar refractivity (Wildman–Crippen MR) is 82.2 cm³/mol. The number of benzene rings is 1. The molecule has 4 heteroatoms. The summed E-state index contributed by atoms with van der Waals surface area (Å²) >= 11 is 0. The fourth-order valence-electron chi connectivity index (χ4n) is 3.75. The number of nitrogens with one attached hydrogen (secondary N) is 2. The SMILES string of the molecule is COc1ccc([C@@H](C)NC(=O)C2NCC3CCCC32)cc1. The molecule has 0 radical (unpaired) electrons. The first-order valence-electron chi connectivity index (χ1n) is 7.86. The average molecular weight is 288 g/mol. The van der Waals surface area contributed by atoms with Crippen molar-refractivity contribution in [2.75, 3.05) is 13.7 Å². The smallest absolute Gasteiger partial charge is 0.237 e. The van der Waals surface area contributed by atoms with E-state index in [4.69, 9.17) is 4.74 Å². The molecule has 2 N–H and O–H groups in total. The highest BCUT2D eigenvalue weighted by Gasteiger charge is 2.42. The molecule has 4 nitrogen and oxygen atoms in total. The van der Waals surface area contributed by atoms with Gasteiger partial charge in [-0.3, -0.25) is 4.79 Å². The first-order valence-corrected chi connectivity index (χ1v) is 7.86. The van der Waals surface area contributed by atoms with Crippen molar-refractivity contribution >= 4 is 5.91 Å². The van der Waals surface area contributed by atoms with Gasteiger partial charge >= 0.3 is 0 Å². The molecule has 3 unspecified atom stereocenters. The standard InChI is InChI=1S/C17H24N2O2/c1-11(12-6-8-14(21-2)9-7-12)19-17(20)16-15-5-3-4-13(15)10-18-16/h6-9,11,13,15-16,18H,3-5,10H2,1-2H3,(H,19,20)/t11-,13?,15?,16?/m1/s1. The molecule has 1 aliphatic heterocycles. The van der Waals surface area contributed by atoms with Crippen molar-refractivity contribution in [1.29, 1.82) is 0 Å². The highest BCUT2D eigenvalue weighted by atomic mass is 16.5. The summed E-state index contributed by atoms with van der Waals surface area (Å²) in [5.41, 5.74) is 1.10. The molecule has 1 heterocycles. The normalized spacial score (nSPS) is 29.0. The van der Waals surface area contributed by atoms with Crippen LogP contribution in [0.25, 0.3) is 0 Å². The van der Waals surface area contributed by atoms with Crippen molar-refractivity contribution in [1.82, 2.24) is 10.6 Å². The predicted octanol–water partition coefficient (Wildman–Crippen LogP) is 2.26. The van der Waals surface area contributed by atoms with E-state index in [1.165, 1.54) is 19.3 Å². The Bertz CT molecular complexity index is 500. The van der Waals surface area contributed by atoms with Crippen LogP contribution in [0, 0.1) is 11.8 Å². The molecule has 0 aromatic heterocycles. The van der Waals surface area contributed by atoms with Crippen molar-refractivity contribution < 1.29 is 9.53 Å². The summed E-state index contributed by atoms with van der Waals surface area (Å²) < 4.78 is 5.16. The number of carbonyl (C=O) groups is 1. The van der Waals surface area contributed by atoms with Crippen LogP contribution in [-0.2, 0) is 4.79 Å². The minimum atomic E-state index is -0.00167. The highest BCUT2D eigenvalue weighted by Crippen LogP contribution is 2.37. The van der Waals surface area contributed by atoms with Crippen LogP contribution in [0.5, 0.6) is 5.75 Å². The van der Waals surface area contributed by atoms with E-state index < -0.39 is 0 Å². The zero-order valence-electron chi connectivity index (χ0n) is 12.8. The average Bonchev–Trinajstić information content (AvgIpc) is 3.09. The second-order valence-corrected chi connectivity index (χ2v) is 6.24. The van der Waals surface area contributed by atoms with Gasteiger partial charge in [0.25, 0.3) is 0 Å². The van der Waals surface area contributed by atoms with Gasteiger partial charge in [0.15, 0.2) is 0 Å². The maximum absolute atomic E-state index is 12.5. The van der Waals surface area contributed by atoms with Crippen LogP contribution >= 0.6 is 0 Å². The third-order valence-electron chi connectivity index (χ3n) is 5.00. The molecule has 21 heavy (non-hydrogen) atoms. The number of carbonyl (C=O) groups excluding carboxylic acids is 1. The van der Waals surface area contributed by atoms with E-state index in [0.717, 1.165) is 17.9 Å². The fourth-order valence-corrected chi connectivity index (χ4v) is 3.75. The van der Waals surface area contributed by atoms with Crippen molar-refractivity contribution in [3.63, 3.8) is 0 Å². The Morgan fingerprint density at radius 1 is 1.33 bits per heavy atom. The van der Waals surface area contributed by atoms with E-state index in [1.807, 2.05) is 31.2 Å². The van der Waals surface area contributed by atoms with E-state index in [0.29, 0.717) is 11.8 Å². The summed E-state index contributed by atoms with van der Waals surface area (Å²) in [7, 11) is 1.66. The van der Waals surface area contributed by atoms with Gasteiger partial charge in [0.2, 0.25) is 5.91 Å². The van der Waals surface area contributed by atoms with Crippen LogP contribution < -0.4 is 15.4 Å². The summed E-state index contributed by atoms with van der Waals surface area (Å²) in [5.74, 6) is 2.22.